The molecule has 0 heterocycles. The van der Waals surface area contributed by atoms with Crippen molar-refractivity contribution in [1.82, 2.24) is 0 Å². The lowest BCUT2D eigenvalue weighted by molar-refractivity contribution is -0.727. The fourth-order valence-corrected chi connectivity index (χ4v) is 1.01. The van der Waals surface area contributed by atoms with Gasteiger partial charge in [0.2, 0.25) is 0 Å². The summed E-state index contributed by atoms with van der Waals surface area (Å²) in [7, 11) is 0. The second kappa shape index (κ2) is 4.32. The molecule has 0 amide bonds. The molecule has 0 atom stereocenters. The zero-order valence-electron chi connectivity index (χ0n) is 7.80. The first kappa shape index (κ1) is 10.8. The Bertz CT molecular complexity index is 427. The van der Waals surface area contributed by atoms with Gasteiger partial charge in [-0.25, -0.2) is 4.84 Å². The molecule has 1 aromatic carbocycles. The Hall–Kier alpha value is -2.24. The molecular formula is C9H7NO5. The molecule has 0 aliphatic rings. The molecule has 0 N–H and O–H groups in total. The molecule has 15 heavy (non-hydrogen) atoms. The van der Waals surface area contributed by atoms with Crippen molar-refractivity contribution >= 4 is 12.3 Å². The normalized spacial score (nSPS) is 9.40. The molecule has 0 fully saturated rings. The Morgan fingerprint density at radius 2 is 2.20 bits per heavy atom. The molecule has 1 aromatic rings. The molecular weight excluding hydrogens is 202 g/mol. The molecule has 1 rings (SSSR count). The van der Waals surface area contributed by atoms with Crippen molar-refractivity contribution in [3.8, 4) is 0 Å². The SMILES string of the molecule is Cc1ccc(C(=O)O[N+](=O)[O-])cc1C=O. The second-order valence-corrected chi connectivity index (χ2v) is 2.79. The third kappa shape index (κ3) is 2.60. The largest absolute Gasteiger partial charge is 0.334 e. The predicted octanol–water partition coefficient (Wildman–Crippen LogP) is 1.16. The predicted molar refractivity (Wildman–Crippen MR) is 49.0 cm³/mol. The summed E-state index contributed by atoms with van der Waals surface area (Å²) in [5.41, 5.74) is 0.954. The van der Waals surface area contributed by atoms with Crippen LogP contribution in [0.15, 0.2) is 18.2 Å². The van der Waals surface area contributed by atoms with Gasteiger partial charge in [-0.2, -0.15) is 0 Å². The Morgan fingerprint density at radius 1 is 1.53 bits per heavy atom. The molecule has 0 bridgehead atoms. The van der Waals surface area contributed by atoms with Gasteiger partial charge in [-0.15, -0.1) is 10.1 Å². The van der Waals surface area contributed by atoms with Crippen LogP contribution in [0, 0.1) is 17.0 Å². The molecule has 0 unspecified atom stereocenters. The van der Waals surface area contributed by atoms with Crippen LogP contribution in [0.2, 0.25) is 0 Å². The zero-order chi connectivity index (χ0) is 11.4. The highest BCUT2D eigenvalue weighted by Gasteiger charge is 2.11. The minimum atomic E-state index is -1.19. The Kier molecular flexibility index (Phi) is 3.12. The maximum Gasteiger partial charge on any atom is 0.334 e. The number of rotatable bonds is 3. The maximum absolute atomic E-state index is 11.1. The first-order valence-corrected chi connectivity index (χ1v) is 3.97. The van der Waals surface area contributed by atoms with Crippen LogP contribution >= 0.6 is 0 Å². The van der Waals surface area contributed by atoms with Gasteiger partial charge in [0.25, 0.3) is 0 Å². The first-order chi connectivity index (χ1) is 7.04. The molecule has 6 nitrogen and oxygen atoms in total. The molecule has 0 aromatic heterocycles. The van der Waals surface area contributed by atoms with Gasteiger partial charge in [0.1, 0.15) is 6.29 Å². The summed E-state index contributed by atoms with van der Waals surface area (Å²) in [5.74, 6) is -1.09. The summed E-state index contributed by atoms with van der Waals surface area (Å²) >= 11 is 0. The van der Waals surface area contributed by atoms with Gasteiger partial charge in [0, 0.05) is 11.1 Å². The van der Waals surface area contributed by atoms with E-state index in [1.54, 1.807) is 6.92 Å². The van der Waals surface area contributed by atoms with E-state index in [1.165, 1.54) is 18.2 Å². The van der Waals surface area contributed by atoms with Crippen LogP contribution in [-0.4, -0.2) is 17.3 Å². The number of aldehydes is 1. The number of nitrogens with zero attached hydrogens (tertiary/aromatic N) is 1. The van der Waals surface area contributed by atoms with Crippen LogP contribution in [0.25, 0.3) is 0 Å². The summed E-state index contributed by atoms with van der Waals surface area (Å²) in [6.07, 6.45) is 0.568. The minimum Gasteiger partial charge on any atom is -0.298 e. The summed E-state index contributed by atoms with van der Waals surface area (Å²) in [6, 6.07) is 4.11. The van der Waals surface area contributed by atoms with Crippen molar-refractivity contribution in [1.29, 1.82) is 0 Å². The van der Waals surface area contributed by atoms with Crippen LogP contribution in [0.4, 0.5) is 0 Å². The van der Waals surface area contributed by atoms with Crippen LogP contribution in [0.3, 0.4) is 0 Å². The highest BCUT2D eigenvalue weighted by atomic mass is 17.0. The van der Waals surface area contributed by atoms with Crippen LogP contribution < -0.4 is 0 Å². The molecule has 78 valence electrons. The maximum atomic E-state index is 11.1. The Labute approximate surface area is 84.6 Å². The standard InChI is InChI=1S/C9H7NO5/c1-6-2-3-7(4-8(6)5-11)9(12)15-10(13)14/h2-5H,1H3. The van der Waals surface area contributed by atoms with E-state index < -0.39 is 11.1 Å². The number of benzene rings is 1. The quantitative estimate of drug-likeness (QED) is 0.423. The summed E-state index contributed by atoms with van der Waals surface area (Å²) < 4.78 is 0. The van der Waals surface area contributed by atoms with Crippen molar-refractivity contribution in [2.75, 3.05) is 0 Å². The molecule has 0 aliphatic carbocycles. The van der Waals surface area contributed by atoms with Gasteiger partial charge in [0.15, 0.2) is 0 Å². The van der Waals surface area contributed by atoms with Gasteiger partial charge in [-0.1, -0.05) is 6.07 Å². The van der Waals surface area contributed by atoms with Crippen molar-refractivity contribution in [2.45, 2.75) is 6.92 Å². The van der Waals surface area contributed by atoms with Crippen LogP contribution in [-0.2, 0) is 4.84 Å². The number of carbonyl (C=O) groups is 2. The smallest absolute Gasteiger partial charge is 0.298 e. The average Bonchev–Trinajstić information content (AvgIpc) is 2.17. The molecule has 0 saturated carbocycles. The van der Waals surface area contributed by atoms with Gasteiger partial charge in [-0.05, 0) is 24.6 Å². The lowest BCUT2D eigenvalue weighted by Gasteiger charge is -2.01. The van der Waals surface area contributed by atoms with E-state index in [2.05, 4.69) is 4.84 Å². The van der Waals surface area contributed by atoms with E-state index in [1.807, 2.05) is 0 Å². The summed E-state index contributed by atoms with van der Waals surface area (Å²) in [5, 5.41) is 8.71. The van der Waals surface area contributed by atoms with Gasteiger partial charge < -0.3 is 0 Å². The zero-order valence-corrected chi connectivity index (χ0v) is 7.80. The fourth-order valence-electron chi connectivity index (χ4n) is 1.01. The summed E-state index contributed by atoms with van der Waals surface area (Å²) in [6.45, 7) is 1.69. The number of aryl methyl sites for hydroxylation is 1. The van der Waals surface area contributed by atoms with E-state index in [0.717, 1.165) is 0 Å². The molecule has 0 spiro atoms. The minimum absolute atomic E-state index is 0.0283. The molecule has 0 aliphatic heterocycles. The van der Waals surface area contributed by atoms with Crippen molar-refractivity contribution in [3.05, 3.63) is 45.0 Å². The van der Waals surface area contributed by atoms with Crippen molar-refractivity contribution in [2.24, 2.45) is 0 Å². The third-order valence-corrected chi connectivity index (χ3v) is 1.80. The highest BCUT2D eigenvalue weighted by Crippen LogP contribution is 2.10. The van der Waals surface area contributed by atoms with Crippen LogP contribution in [0.5, 0.6) is 0 Å². The lowest BCUT2D eigenvalue weighted by atomic mass is 10.1. The third-order valence-electron chi connectivity index (χ3n) is 1.80. The Morgan fingerprint density at radius 3 is 2.73 bits per heavy atom. The van der Waals surface area contributed by atoms with E-state index in [0.29, 0.717) is 17.4 Å². The number of carbonyl (C=O) groups excluding carboxylic acids is 2. The lowest BCUT2D eigenvalue weighted by Crippen LogP contribution is -2.10. The van der Waals surface area contributed by atoms with Crippen LogP contribution in [0.1, 0.15) is 26.3 Å². The number of hydrogen-bond donors (Lipinski definition) is 0. The van der Waals surface area contributed by atoms with E-state index in [-0.39, 0.29) is 5.56 Å². The molecule has 6 heteroatoms. The van der Waals surface area contributed by atoms with Gasteiger partial charge >= 0.3 is 11.1 Å². The monoisotopic (exact) mass is 209 g/mol. The van der Waals surface area contributed by atoms with Crippen molar-refractivity contribution < 1.29 is 19.5 Å². The van der Waals surface area contributed by atoms with Gasteiger partial charge in [0.05, 0.1) is 0 Å². The van der Waals surface area contributed by atoms with Crippen molar-refractivity contribution in [3.63, 3.8) is 0 Å². The fraction of sp³-hybridized carbons (Fsp3) is 0.111. The topological polar surface area (TPSA) is 86.5 Å². The van der Waals surface area contributed by atoms with Gasteiger partial charge in [-0.3, -0.25) is 9.59 Å². The summed E-state index contributed by atoms with van der Waals surface area (Å²) in [4.78, 5) is 35.2. The highest BCUT2D eigenvalue weighted by molar-refractivity contribution is 5.91. The molecule has 0 saturated heterocycles. The molecule has 0 radical (unpaired) electrons. The van der Waals surface area contributed by atoms with E-state index >= 15 is 0 Å². The Balaban J connectivity index is 3.00. The van der Waals surface area contributed by atoms with E-state index in [9.17, 15) is 19.7 Å². The van der Waals surface area contributed by atoms with E-state index in [4.69, 9.17) is 0 Å². The number of hydrogen-bond acceptors (Lipinski definition) is 5. The first-order valence-electron chi connectivity index (χ1n) is 3.97. The second-order valence-electron chi connectivity index (χ2n) is 2.79. The average molecular weight is 209 g/mol.